The molecule has 0 spiro atoms. The Labute approximate surface area is 114 Å². The summed E-state index contributed by atoms with van der Waals surface area (Å²) in [6.07, 6.45) is 1.18. The Bertz CT molecular complexity index is 565. The molecule has 0 amide bonds. The second-order valence-electron chi connectivity index (χ2n) is 5.00. The van der Waals surface area contributed by atoms with E-state index in [-0.39, 0.29) is 6.10 Å². The zero-order valence-corrected chi connectivity index (χ0v) is 11.2. The normalized spacial score (nSPS) is 17.8. The van der Waals surface area contributed by atoms with E-state index in [2.05, 4.69) is 60.8 Å². The number of hydrogen-bond acceptors (Lipinski definition) is 2. The van der Waals surface area contributed by atoms with Crippen LogP contribution in [0.4, 0.5) is 5.69 Å². The van der Waals surface area contributed by atoms with E-state index in [9.17, 15) is 0 Å². The van der Waals surface area contributed by atoms with Crippen LogP contribution >= 0.6 is 0 Å². The van der Waals surface area contributed by atoms with Gasteiger partial charge < -0.3 is 10.1 Å². The number of anilines is 1. The van der Waals surface area contributed by atoms with Crippen molar-refractivity contribution in [2.24, 2.45) is 0 Å². The number of rotatable bonds is 3. The van der Waals surface area contributed by atoms with Crippen LogP contribution in [0, 0.1) is 6.92 Å². The summed E-state index contributed by atoms with van der Waals surface area (Å²) in [6, 6.07) is 16.9. The lowest BCUT2D eigenvalue weighted by Gasteiger charge is -2.26. The summed E-state index contributed by atoms with van der Waals surface area (Å²) in [6.45, 7) is 3.76. The molecule has 2 nitrogen and oxygen atoms in total. The van der Waals surface area contributed by atoms with Crippen LogP contribution in [0.3, 0.4) is 0 Å². The van der Waals surface area contributed by atoms with Gasteiger partial charge in [-0.15, -0.1) is 0 Å². The lowest BCUT2D eigenvalue weighted by Crippen LogP contribution is -2.22. The predicted molar refractivity (Wildman–Crippen MR) is 78.5 cm³/mol. The number of benzene rings is 2. The molecule has 0 saturated heterocycles. The van der Waals surface area contributed by atoms with Crippen LogP contribution in [-0.2, 0) is 11.2 Å². The molecule has 0 bridgehead atoms. The molecule has 2 heteroatoms. The van der Waals surface area contributed by atoms with Crippen molar-refractivity contribution in [2.75, 3.05) is 18.5 Å². The SMILES string of the molecule is Cc1ccccc1NCC1OCCc2ccccc21. The Balaban J connectivity index is 1.73. The molecule has 2 aromatic carbocycles. The molecule has 98 valence electrons. The summed E-state index contributed by atoms with van der Waals surface area (Å²) in [4.78, 5) is 0. The van der Waals surface area contributed by atoms with Crippen LogP contribution in [0.5, 0.6) is 0 Å². The van der Waals surface area contributed by atoms with Crippen LogP contribution in [0.25, 0.3) is 0 Å². The number of nitrogens with one attached hydrogen (secondary N) is 1. The first-order valence-electron chi connectivity index (χ1n) is 6.83. The van der Waals surface area contributed by atoms with Gasteiger partial charge in [-0.05, 0) is 36.1 Å². The van der Waals surface area contributed by atoms with Crippen molar-refractivity contribution in [3.8, 4) is 0 Å². The van der Waals surface area contributed by atoms with E-state index in [4.69, 9.17) is 4.74 Å². The molecule has 1 atom stereocenters. The van der Waals surface area contributed by atoms with E-state index in [1.165, 1.54) is 22.4 Å². The largest absolute Gasteiger partial charge is 0.382 e. The van der Waals surface area contributed by atoms with Crippen molar-refractivity contribution in [3.63, 3.8) is 0 Å². The highest BCUT2D eigenvalue weighted by Crippen LogP contribution is 2.27. The molecule has 0 aromatic heterocycles. The molecule has 19 heavy (non-hydrogen) atoms. The first-order chi connectivity index (χ1) is 9.34. The van der Waals surface area contributed by atoms with E-state index < -0.39 is 0 Å². The van der Waals surface area contributed by atoms with Crippen LogP contribution in [0.2, 0.25) is 0 Å². The Morgan fingerprint density at radius 1 is 1.11 bits per heavy atom. The summed E-state index contributed by atoms with van der Waals surface area (Å²) in [5.41, 5.74) is 5.21. The Hall–Kier alpha value is -1.80. The standard InChI is InChI=1S/C17H19NO/c1-13-6-2-5-9-16(13)18-12-17-15-8-4-3-7-14(15)10-11-19-17/h2-9,17-18H,10-12H2,1H3. The summed E-state index contributed by atoms with van der Waals surface area (Å²) >= 11 is 0. The van der Waals surface area contributed by atoms with Crippen molar-refractivity contribution in [1.82, 2.24) is 0 Å². The second-order valence-corrected chi connectivity index (χ2v) is 5.00. The zero-order valence-electron chi connectivity index (χ0n) is 11.2. The highest BCUT2D eigenvalue weighted by atomic mass is 16.5. The quantitative estimate of drug-likeness (QED) is 0.900. The third-order valence-electron chi connectivity index (χ3n) is 3.72. The van der Waals surface area contributed by atoms with Gasteiger partial charge in [0.15, 0.2) is 0 Å². The maximum atomic E-state index is 5.90. The van der Waals surface area contributed by atoms with Crippen molar-refractivity contribution < 1.29 is 4.74 Å². The van der Waals surface area contributed by atoms with Crippen LogP contribution in [0.1, 0.15) is 22.8 Å². The van der Waals surface area contributed by atoms with Gasteiger partial charge in [0.25, 0.3) is 0 Å². The average molecular weight is 253 g/mol. The number of para-hydroxylation sites is 1. The Kier molecular flexibility index (Phi) is 3.51. The minimum Gasteiger partial charge on any atom is -0.382 e. The van der Waals surface area contributed by atoms with Gasteiger partial charge in [0.2, 0.25) is 0 Å². The monoisotopic (exact) mass is 253 g/mol. The molecule has 0 aliphatic carbocycles. The van der Waals surface area contributed by atoms with E-state index in [0.717, 1.165) is 19.6 Å². The average Bonchev–Trinajstić information content (AvgIpc) is 2.46. The molecule has 0 fully saturated rings. The van der Waals surface area contributed by atoms with E-state index in [1.54, 1.807) is 0 Å². The van der Waals surface area contributed by atoms with E-state index >= 15 is 0 Å². The van der Waals surface area contributed by atoms with Gasteiger partial charge >= 0.3 is 0 Å². The predicted octanol–water partition coefficient (Wildman–Crippen LogP) is 3.72. The number of aryl methyl sites for hydroxylation is 1. The lowest BCUT2D eigenvalue weighted by atomic mass is 9.97. The molecule has 1 heterocycles. The van der Waals surface area contributed by atoms with E-state index in [1.807, 2.05) is 0 Å². The molecule has 0 radical (unpaired) electrons. The summed E-state index contributed by atoms with van der Waals surface area (Å²) in [5, 5.41) is 3.50. The number of ether oxygens (including phenoxy) is 1. The number of fused-ring (bicyclic) bond motifs is 1. The van der Waals surface area contributed by atoms with Gasteiger partial charge in [-0.1, -0.05) is 42.5 Å². The van der Waals surface area contributed by atoms with Crippen LogP contribution in [-0.4, -0.2) is 13.2 Å². The first kappa shape index (κ1) is 12.2. The summed E-state index contributed by atoms with van der Waals surface area (Å²) < 4.78 is 5.90. The van der Waals surface area contributed by atoms with Crippen molar-refractivity contribution in [2.45, 2.75) is 19.4 Å². The summed E-state index contributed by atoms with van der Waals surface area (Å²) in [5.74, 6) is 0. The molecular weight excluding hydrogens is 234 g/mol. The Morgan fingerprint density at radius 3 is 2.79 bits per heavy atom. The minimum atomic E-state index is 0.157. The fourth-order valence-corrected chi connectivity index (χ4v) is 2.62. The van der Waals surface area contributed by atoms with Gasteiger partial charge in [0.1, 0.15) is 0 Å². The van der Waals surface area contributed by atoms with Gasteiger partial charge in [-0.2, -0.15) is 0 Å². The topological polar surface area (TPSA) is 21.3 Å². The van der Waals surface area contributed by atoms with Crippen molar-refractivity contribution in [3.05, 3.63) is 65.2 Å². The minimum absolute atomic E-state index is 0.157. The van der Waals surface area contributed by atoms with Crippen LogP contribution in [0.15, 0.2) is 48.5 Å². The van der Waals surface area contributed by atoms with E-state index in [0.29, 0.717) is 0 Å². The molecule has 2 aromatic rings. The smallest absolute Gasteiger partial charge is 0.0999 e. The third-order valence-corrected chi connectivity index (χ3v) is 3.72. The third kappa shape index (κ3) is 2.64. The van der Waals surface area contributed by atoms with Crippen LogP contribution < -0.4 is 5.32 Å². The molecule has 0 saturated carbocycles. The highest BCUT2D eigenvalue weighted by molar-refractivity contribution is 5.50. The maximum Gasteiger partial charge on any atom is 0.0999 e. The van der Waals surface area contributed by atoms with Gasteiger partial charge in [0.05, 0.1) is 12.7 Å². The van der Waals surface area contributed by atoms with Gasteiger partial charge in [0, 0.05) is 12.2 Å². The molecule has 1 unspecified atom stereocenters. The second kappa shape index (κ2) is 5.45. The molecule has 1 aliphatic heterocycles. The maximum absolute atomic E-state index is 5.90. The molecule has 1 N–H and O–H groups in total. The lowest BCUT2D eigenvalue weighted by molar-refractivity contribution is 0.0513. The van der Waals surface area contributed by atoms with Gasteiger partial charge in [-0.25, -0.2) is 0 Å². The molecule has 1 aliphatic rings. The Morgan fingerprint density at radius 2 is 1.89 bits per heavy atom. The van der Waals surface area contributed by atoms with Crippen molar-refractivity contribution in [1.29, 1.82) is 0 Å². The first-order valence-corrected chi connectivity index (χ1v) is 6.83. The summed E-state index contributed by atoms with van der Waals surface area (Å²) in [7, 11) is 0. The molecule has 3 rings (SSSR count). The fourth-order valence-electron chi connectivity index (χ4n) is 2.62. The van der Waals surface area contributed by atoms with Crippen molar-refractivity contribution >= 4 is 5.69 Å². The highest BCUT2D eigenvalue weighted by Gasteiger charge is 2.19. The fraction of sp³-hybridized carbons (Fsp3) is 0.294. The number of hydrogen-bond donors (Lipinski definition) is 1. The van der Waals surface area contributed by atoms with Gasteiger partial charge in [-0.3, -0.25) is 0 Å². The molecular formula is C17H19NO. The zero-order chi connectivity index (χ0) is 13.1.